The van der Waals surface area contributed by atoms with Gasteiger partial charge in [0.15, 0.2) is 18.1 Å². The van der Waals surface area contributed by atoms with Crippen LogP contribution in [0.25, 0.3) is 0 Å². The van der Waals surface area contributed by atoms with Crippen molar-refractivity contribution >= 4 is 62.5 Å². The van der Waals surface area contributed by atoms with E-state index >= 15 is 0 Å². The lowest BCUT2D eigenvalue weighted by molar-refractivity contribution is -0.123. The first-order valence-electron chi connectivity index (χ1n) is 13.4. The van der Waals surface area contributed by atoms with Crippen molar-refractivity contribution in [1.82, 2.24) is 5.32 Å². The van der Waals surface area contributed by atoms with E-state index < -0.39 is 34.5 Å². The second-order valence-corrected chi connectivity index (χ2v) is 12.2. The molecule has 0 bridgehead atoms. The summed E-state index contributed by atoms with van der Waals surface area (Å²) < 4.78 is 45.0. The van der Waals surface area contributed by atoms with Crippen molar-refractivity contribution in [3.05, 3.63) is 112 Å². The largest absolute Gasteiger partial charge is 0.486 e. The van der Waals surface area contributed by atoms with Crippen molar-refractivity contribution < 1.29 is 37.0 Å². The maximum absolute atomic E-state index is 14.0. The Morgan fingerprint density at radius 3 is 2.29 bits per heavy atom. The standard InChI is InChI=1S/C31H25Cl2N3O8S/c32-22-7-10-24(11-8-22)36(18-20-4-2-1-3-5-20)45(40,41)28-16-21(6-12-25(28)33)30(38)44-19-29(37)35-31(39)34-23-9-13-26-27(17-23)43-15-14-42-26/h1-13,16-17H,14-15,18-19H2,(H2,34,35,37,39). The van der Waals surface area contributed by atoms with Crippen LogP contribution in [0, 0.1) is 0 Å². The Hall–Kier alpha value is -4.78. The number of anilines is 2. The van der Waals surface area contributed by atoms with E-state index in [1.807, 2.05) is 11.4 Å². The van der Waals surface area contributed by atoms with E-state index in [1.165, 1.54) is 12.1 Å². The van der Waals surface area contributed by atoms with Gasteiger partial charge in [-0.2, -0.15) is 0 Å². The average Bonchev–Trinajstić information content (AvgIpc) is 3.03. The van der Waals surface area contributed by atoms with E-state index in [4.69, 9.17) is 37.4 Å². The Kier molecular flexibility index (Phi) is 9.77. The van der Waals surface area contributed by atoms with Gasteiger partial charge in [0, 0.05) is 16.8 Å². The van der Waals surface area contributed by atoms with Crippen molar-refractivity contribution in [2.45, 2.75) is 11.4 Å². The molecule has 0 aliphatic carbocycles. The van der Waals surface area contributed by atoms with Gasteiger partial charge in [0.05, 0.1) is 22.8 Å². The zero-order valence-electron chi connectivity index (χ0n) is 23.4. The van der Waals surface area contributed by atoms with Gasteiger partial charge in [0.1, 0.15) is 18.1 Å². The van der Waals surface area contributed by atoms with Crippen LogP contribution in [0.3, 0.4) is 0 Å². The Bertz CT molecular complexity index is 1840. The normalized spacial score (nSPS) is 12.1. The third-order valence-corrected chi connectivity index (χ3v) is 8.91. The number of imide groups is 1. The lowest BCUT2D eigenvalue weighted by Gasteiger charge is -2.25. The second kappa shape index (κ2) is 13.9. The van der Waals surface area contributed by atoms with Gasteiger partial charge in [0.25, 0.3) is 15.9 Å². The summed E-state index contributed by atoms with van der Waals surface area (Å²) in [6.07, 6.45) is 0. The summed E-state index contributed by atoms with van der Waals surface area (Å²) in [4.78, 5) is 37.1. The molecule has 232 valence electrons. The molecule has 0 atom stereocenters. The molecular formula is C31H25Cl2N3O8S. The Balaban J connectivity index is 1.26. The summed E-state index contributed by atoms with van der Waals surface area (Å²) in [5, 5.41) is 4.81. The van der Waals surface area contributed by atoms with Crippen molar-refractivity contribution in [2.24, 2.45) is 0 Å². The average molecular weight is 671 g/mol. The molecule has 14 heteroatoms. The first-order valence-corrected chi connectivity index (χ1v) is 15.6. The number of nitrogens with one attached hydrogen (secondary N) is 2. The van der Waals surface area contributed by atoms with E-state index in [0.29, 0.717) is 46.7 Å². The molecule has 2 N–H and O–H groups in total. The van der Waals surface area contributed by atoms with Gasteiger partial charge in [0.2, 0.25) is 0 Å². The molecule has 0 aromatic heterocycles. The summed E-state index contributed by atoms with van der Waals surface area (Å²) in [6.45, 7) is -0.0775. The Morgan fingerprint density at radius 2 is 1.56 bits per heavy atom. The SMILES string of the molecule is O=C(COC(=O)c1ccc(Cl)c(S(=O)(=O)N(Cc2ccccc2)c2ccc(Cl)cc2)c1)NC(=O)Nc1ccc2c(c1)OCCO2. The maximum Gasteiger partial charge on any atom is 0.338 e. The highest BCUT2D eigenvalue weighted by molar-refractivity contribution is 7.93. The van der Waals surface area contributed by atoms with Crippen molar-refractivity contribution in [3.8, 4) is 11.5 Å². The number of nitrogens with zero attached hydrogens (tertiary/aromatic N) is 1. The van der Waals surface area contributed by atoms with E-state index in [0.717, 1.165) is 10.4 Å². The molecule has 0 saturated carbocycles. The smallest absolute Gasteiger partial charge is 0.338 e. The topological polar surface area (TPSA) is 140 Å². The minimum atomic E-state index is -4.33. The van der Waals surface area contributed by atoms with Crippen molar-refractivity contribution in [2.75, 3.05) is 29.4 Å². The fourth-order valence-corrected chi connectivity index (χ4v) is 6.36. The molecule has 0 saturated heterocycles. The molecule has 4 aromatic carbocycles. The molecule has 0 spiro atoms. The number of halogens is 2. The number of amides is 3. The molecule has 4 aromatic rings. The Labute approximate surface area is 268 Å². The van der Waals surface area contributed by atoms with Gasteiger partial charge < -0.3 is 19.5 Å². The predicted octanol–water partition coefficient (Wildman–Crippen LogP) is 5.67. The highest BCUT2D eigenvalue weighted by Crippen LogP contribution is 2.33. The molecule has 11 nitrogen and oxygen atoms in total. The molecule has 0 unspecified atom stereocenters. The number of hydrogen-bond donors (Lipinski definition) is 2. The lowest BCUT2D eigenvalue weighted by atomic mass is 10.2. The zero-order chi connectivity index (χ0) is 32.0. The highest BCUT2D eigenvalue weighted by atomic mass is 35.5. The predicted molar refractivity (Wildman–Crippen MR) is 168 cm³/mol. The summed E-state index contributed by atoms with van der Waals surface area (Å²) in [5.41, 5.74) is 1.18. The van der Waals surface area contributed by atoms with Crippen LogP contribution in [0.1, 0.15) is 15.9 Å². The Morgan fingerprint density at radius 1 is 0.844 bits per heavy atom. The number of benzene rings is 4. The molecule has 3 amide bonds. The first-order chi connectivity index (χ1) is 21.6. The molecule has 5 rings (SSSR count). The van der Waals surface area contributed by atoms with Crippen LogP contribution in [0.5, 0.6) is 11.5 Å². The lowest BCUT2D eigenvalue weighted by Crippen LogP contribution is -2.37. The van der Waals surface area contributed by atoms with Crippen molar-refractivity contribution in [3.63, 3.8) is 0 Å². The molecule has 0 fully saturated rings. The summed E-state index contributed by atoms with van der Waals surface area (Å²) in [7, 11) is -4.33. The fourth-order valence-electron chi connectivity index (χ4n) is 4.28. The van der Waals surface area contributed by atoms with Crippen LogP contribution in [-0.4, -0.2) is 46.1 Å². The quantitative estimate of drug-likeness (QED) is 0.217. The van der Waals surface area contributed by atoms with Crippen LogP contribution in [0.2, 0.25) is 10.0 Å². The second-order valence-electron chi connectivity index (χ2n) is 9.56. The third kappa shape index (κ3) is 7.85. The van der Waals surface area contributed by atoms with Gasteiger partial charge >= 0.3 is 12.0 Å². The number of rotatable bonds is 9. The van der Waals surface area contributed by atoms with Crippen LogP contribution in [0.4, 0.5) is 16.2 Å². The van der Waals surface area contributed by atoms with Gasteiger partial charge in [-0.05, 0) is 60.2 Å². The summed E-state index contributed by atoms with van der Waals surface area (Å²) >= 11 is 12.4. The minimum absolute atomic E-state index is 0.0374. The maximum atomic E-state index is 14.0. The molecular weight excluding hydrogens is 645 g/mol. The van der Waals surface area contributed by atoms with Gasteiger partial charge in [-0.3, -0.25) is 14.4 Å². The summed E-state index contributed by atoms with van der Waals surface area (Å²) in [5.74, 6) is -0.953. The van der Waals surface area contributed by atoms with E-state index in [1.54, 1.807) is 66.7 Å². The van der Waals surface area contributed by atoms with Crippen LogP contribution in [-0.2, 0) is 26.1 Å². The summed E-state index contributed by atoms with van der Waals surface area (Å²) in [6, 6.07) is 22.6. The van der Waals surface area contributed by atoms with E-state index in [2.05, 4.69) is 5.32 Å². The van der Waals surface area contributed by atoms with Crippen LogP contribution < -0.4 is 24.4 Å². The molecule has 1 aliphatic heterocycles. The van der Waals surface area contributed by atoms with E-state index in [-0.39, 0.29) is 22.0 Å². The molecule has 45 heavy (non-hydrogen) atoms. The number of fused-ring (bicyclic) bond motifs is 1. The molecule has 1 aliphatic rings. The number of hydrogen-bond acceptors (Lipinski definition) is 8. The number of ether oxygens (including phenoxy) is 3. The number of esters is 1. The fraction of sp³-hybridized carbons (Fsp3) is 0.129. The van der Waals surface area contributed by atoms with Gasteiger partial charge in [-0.1, -0.05) is 53.5 Å². The number of carbonyl (C=O) groups is 3. The van der Waals surface area contributed by atoms with E-state index in [9.17, 15) is 22.8 Å². The monoisotopic (exact) mass is 669 g/mol. The number of urea groups is 1. The number of carbonyl (C=O) groups excluding carboxylic acids is 3. The van der Waals surface area contributed by atoms with Crippen molar-refractivity contribution in [1.29, 1.82) is 0 Å². The molecule has 1 heterocycles. The van der Waals surface area contributed by atoms with Gasteiger partial charge in [-0.25, -0.2) is 18.0 Å². The zero-order valence-corrected chi connectivity index (χ0v) is 25.7. The highest BCUT2D eigenvalue weighted by Gasteiger charge is 2.29. The third-order valence-electron chi connectivity index (χ3n) is 6.41. The van der Waals surface area contributed by atoms with Crippen LogP contribution >= 0.6 is 23.2 Å². The van der Waals surface area contributed by atoms with Gasteiger partial charge in [-0.15, -0.1) is 0 Å². The number of sulfonamides is 1. The first kappa shape index (κ1) is 31.6. The molecule has 0 radical (unpaired) electrons. The van der Waals surface area contributed by atoms with Crippen LogP contribution in [0.15, 0.2) is 95.9 Å². The minimum Gasteiger partial charge on any atom is -0.486 e.